The van der Waals surface area contributed by atoms with Gasteiger partial charge in [0.15, 0.2) is 10.8 Å². The Kier molecular flexibility index (Phi) is 5.27. The molecule has 1 atom stereocenters. The first-order valence-corrected chi connectivity index (χ1v) is 8.54. The lowest BCUT2D eigenvalue weighted by molar-refractivity contribution is -0.120. The van der Waals surface area contributed by atoms with Crippen LogP contribution in [0.5, 0.6) is 0 Å². The zero-order valence-electron chi connectivity index (χ0n) is 13.3. The van der Waals surface area contributed by atoms with Crippen molar-refractivity contribution in [3.05, 3.63) is 48.0 Å². The van der Waals surface area contributed by atoms with E-state index >= 15 is 0 Å². The van der Waals surface area contributed by atoms with Crippen molar-refractivity contribution in [2.45, 2.75) is 19.9 Å². The highest BCUT2D eigenvalue weighted by atomic mass is 32.1. The first-order valence-electron chi connectivity index (χ1n) is 7.66. The second-order valence-corrected chi connectivity index (χ2v) is 6.39. The SMILES string of the molecule is CC(CNC(=O)Cc1csc(-c2ncccn2)n1)Cn1cccn1. The number of nitrogens with zero attached hydrogens (tertiary/aromatic N) is 5. The first-order chi connectivity index (χ1) is 11.7. The molecule has 24 heavy (non-hydrogen) atoms. The van der Waals surface area contributed by atoms with E-state index < -0.39 is 0 Å². The van der Waals surface area contributed by atoms with E-state index in [4.69, 9.17) is 0 Å². The summed E-state index contributed by atoms with van der Waals surface area (Å²) in [4.78, 5) is 24.8. The van der Waals surface area contributed by atoms with Gasteiger partial charge in [0.25, 0.3) is 0 Å². The zero-order chi connectivity index (χ0) is 16.8. The van der Waals surface area contributed by atoms with Crippen LogP contribution < -0.4 is 5.32 Å². The molecule has 0 aliphatic heterocycles. The van der Waals surface area contributed by atoms with Crippen LogP contribution in [0, 0.1) is 5.92 Å². The van der Waals surface area contributed by atoms with Crippen LogP contribution in [0.3, 0.4) is 0 Å². The molecular weight excluding hydrogens is 324 g/mol. The third-order valence-electron chi connectivity index (χ3n) is 3.36. The number of carbonyl (C=O) groups is 1. The van der Waals surface area contributed by atoms with Gasteiger partial charge < -0.3 is 5.32 Å². The zero-order valence-corrected chi connectivity index (χ0v) is 14.1. The van der Waals surface area contributed by atoms with Crippen molar-refractivity contribution in [1.82, 2.24) is 30.0 Å². The quantitative estimate of drug-likeness (QED) is 0.707. The Bertz CT molecular complexity index is 771. The largest absolute Gasteiger partial charge is 0.355 e. The Balaban J connectivity index is 1.47. The second-order valence-electron chi connectivity index (χ2n) is 5.53. The van der Waals surface area contributed by atoms with Crippen LogP contribution in [0.2, 0.25) is 0 Å². The first kappa shape index (κ1) is 16.3. The summed E-state index contributed by atoms with van der Waals surface area (Å²) in [6.07, 6.45) is 7.29. The van der Waals surface area contributed by atoms with Gasteiger partial charge >= 0.3 is 0 Å². The molecule has 0 bridgehead atoms. The molecule has 3 aromatic heterocycles. The molecule has 3 rings (SSSR count). The van der Waals surface area contributed by atoms with Gasteiger partial charge in [-0.2, -0.15) is 5.10 Å². The van der Waals surface area contributed by atoms with Crippen LogP contribution in [-0.2, 0) is 17.8 Å². The maximum absolute atomic E-state index is 12.1. The number of nitrogens with one attached hydrogen (secondary N) is 1. The minimum atomic E-state index is -0.0341. The summed E-state index contributed by atoms with van der Waals surface area (Å²) >= 11 is 1.44. The molecule has 7 nitrogen and oxygen atoms in total. The van der Waals surface area contributed by atoms with Crippen LogP contribution in [0.4, 0.5) is 0 Å². The van der Waals surface area contributed by atoms with E-state index in [1.165, 1.54) is 11.3 Å². The van der Waals surface area contributed by atoms with Crippen LogP contribution >= 0.6 is 11.3 Å². The second kappa shape index (κ2) is 7.78. The van der Waals surface area contributed by atoms with Crippen LogP contribution in [0.1, 0.15) is 12.6 Å². The highest BCUT2D eigenvalue weighted by Crippen LogP contribution is 2.19. The average molecular weight is 342 g/mol. The summed E-state index contributed by atoms with van der Waals surface area (Å²) < 4.78 is 1.86. The van der Waals surface area contributed by atoms with Crippen molar-refractivity contribution in [3.63, 3.8) is 0 Å². The van der Waals surface area contributed by atoms with Crippen molar-refractivity contribution in [2.75, 3.05) is 6.54 Å². The average Bonchev–Trinajstić information content (AvgIpc) is 3.26. The lowest BCUT2D eigenvalue weighted by Crippen LogP contribution is -2.31. The number of aromatic nitrogens is 5. The molecule has 1 unspecified atom stereocenters. The standard InChI is InChI=1S/C16H18N6OS/c1-12(10-22-7-3-6-20-22)9-19-14(23)8-13-11-24-16(21-13)15-17-4-2-5-18-15/h2-7,11-12H,8-10H2,1H3,(H,19,23). The molecule has 124 valence electrons. The number of hydrogen-bond acceptors (Lipinski definition) is 6. The van der Waals surface area contributed by atoms with Gasteiger partial charge in [-0.25, -0.2) is 15.0 Å². The third-order valence-corrected chi connectivity index (χ3v) is 4.24. The van der Waals surface area contributed by atoms with Crippen LogP contribution in [0.25, 0.3) is 10.8 Å². The number of thiazole rings is 1. The Labute approximate surface area is 143 Å². The molecule has 3 aromatic rings. The predicted molar refractivity (Wildman–Crippen MR) is 91.2 cm³/mol. The molecule has 0 aliphatic carbocycles. The molecule has 8 heteroatoms. The normalized spacial score (nSPS) is 12.0. The summed E-state index contributed by atoms with van der Waals surface area (Å²) in [6, 6.07) is 3.65. The van der Waals surface area contributed by atoms with Gasteiger partial charge in [0.05, 0.1) is 12.1 Å². The molecular formula is C16H18N6OS. The van der Waals surface area contributed by atoms with Crippen LogP contribution in [-0.4, -0.2) is 37.2 Å². The predicted octanol–water partition coefficient (Wildman–Crippen LogP) is 1.79. The maximum atomic E-state index is 12.1. The molecule has 0 saturated heterocycles. The smallest absolute Gasteiger partial charge is 0.226 e. The van der Waals surface area contributed by atoms with Gasteiger partial charge in [-0.15, -0.1) is 11.3 Å². The lowest BCUT2D eigenvalue weighted by Gasteiger charge is -2.12. The van der Waals surface area contributed by atoms with E-state index in [0.717, 1.165) is 17.2 Å². The minimum absolute atomic E-state index is 0.0341. The fourth-order valence-electron chi connectivity index (χ4n) is 2.21. The van der Waals surface area contributed by atoms with E-state index in [1.54, 1.807) is 24.7 Å². The Morgan fingerprint density at radius 3 is 2.88 bits per heavy atom. The summed E-state index contributed by atoms with van der Waals surface area (Å²) in [5.41, 5.74) is 0.736. The van der Waals surface area contributed by atoms with Gasteiger partial charge in [-0.3, -0.25) is 9.48 Å². The van der Waals surface area contributed by atoms with Gasteiger partial charge in [0.2, 0.25) is 5.91 Å². The molecule has 3 heterocycles. The molecule has 0 spiro atoms. The fraction of sp³-hybridized carbons (Fsp3) is 0.312. The summed E-state index contributed by atoms with van der Waals surface area (Å²) in [5.74, 6) is 0.854. The van der Waals surface area contributed by atoms with E-state index in [2.05, 4.69) is 32.3 Å². The minimum Gasteiger partial charge on any atom is -0.355 e. The van der Waals surface area contributed by atoms with E-state index in [9.17, 15) is 4.79 Å². The highest BCUT2D eigenvalue weighted by molar-refractivity contribution is 7.13. The van der Waals surface area contributed by atoms with E-state index in [1.807, 2.05) is 22.3 Å². The molecule has 0 fully saturated rings. The number of amides is 1. The molecule has 0 radical (unpaired) electrons. The van der Waals surface area contributed by atoms with E-state index in [0.29, 0.717) is 18.3 Å². The summed E-state index contributed by atoms with van der Waals surface area (Å²) in [7, 11) is 0. The van der Waals surface area contributed by atoms with Crippen molar-refractivity contribution in [1.29, 1.82) is 0 Å². The summed E-state index contributed by atoms with van der Waals surface area (Å²) in [6.45, 7) is 3.46. The summed E-state index contributed by atoms with van der Waals surface area (Å²) in [5, 5.41) is 9.71. The number of rotatable bonds is 7. The monoisotopic (exact) mass is 342 g/mol. The van der Waals surface area contributed by atoms with Crippen molar-refractivity contribution in [3.8, 4) is 10.8 Å². The van der Waals surface area contributed by atoms with Crippen molar-refractivity contribution >= 4 is 17.2 Å². The number of hydrogen-bond donors (Lipinski definition) is 1. The Morgan fingerprint density at radius 2 is 2.12 bits per heavy atom. The molecule has 0 saturated carbocycles. The highest BCUT2D eigenvalue weighted by Gasteiger charge is 2.11. The Hall–Kier alpha value is -2.61. The molecule has 1 N–H and O–H groups in total. The van der Waals surface area contributed by atoms with Gasteiger partial charge in [-0.1, -0.05) is 6.92 Å². The van der Waals surface area contributed by atoms with Gasteiger partial charge in [-0.05, 0) is 18.1 Å². The molecule has 1 amide bonds. The lowest BCUT2D eigenvalue weighted by atomic mass is 10.2. The Morgan fingerprint density at radius 1 is 1.29 bits per heavy atom. The fourth-order valence-corrected chi connectivity index (χ4v) is 2.97. The molecule has 0 aromatic carbocycles. The topological polar surface area (TPSA) is 85.6 Å². The van der Waals surface area contributed by atoms with Gasteiger partial charge in [0.1, 0.15) is 0 Å². The van der Waals surface area contributed by atoms with Crippen molar-refractivity contribution < 1.29 is 4.79 Å². The molecule has 0 aliphatic rings. The van der Waals surface area contributed by atoms with Crippen molar-refractivity contribution in [2.24, 2.45) is 5.92 Å². The van der Waals surface area contributed by atoms with Crippen LogP contribution in [0.15, 0.2) is 42.3 Å². The maximum Gasteiger partial charge on any atom is 0.226 e. The third kappa shape index (κ3) is 4.45. The van der Waals surface area contributed by atoms with Gasteiger partial charge in [0, 0.05) is 43.3 Å². The van der Waals surface area contributed by atoms with E-state index in [-0.39, 0.29) is 12.3 Å². The number of carbonyl (C=O) groups excluding carboxylic acids is 1.